The molecule has 33 heavy (non-hydrogen) atoms. The Hall–Kier alpha value is -1.38. The van der Waals surface area contributed by atoms with Crippen LogP contribution in [0.1, 0.15) is 65.7 Å². The quantitative estimate of drug-likeness (QED) is 0.469. The minimum atomic E-state index is -0.720. The number of hydrogen-bond donors (Lipinski definition) is 1. The standard InChI is InChI=1S/C25H46N4O4/c1-25(2,3)29-13-9-21(10-14-29)7-4-5-12-28-20-22(33-24(28)32)19-27-17-15-26(16-18-27)11-6-8-23(30)31/h21-22H,4-20H2,1-3H3,(H,30,31). The maximum atomic E-state index is 12.3. The minimum Gasteiger partial charge on any atom is -0.481 e. The van der Waals surface area contributed by atoms with E-state index in [1.807, 2.05) is 4.90 Å². The van der Waals surface area contributed by atoms with Crippen LogP contribution in [0.25, 0.3) is 0 Å². The lowest BCUT2D eigenvalue weighted by Crippen LogP contribution is -2.49. The number of cyclic esters (lactones) is 1. The van der Waals surface area contributed by atoms with Gasteiger partial charge in [-0.15, -0.1) is 0 Å². The summed E-state index contributed by atoms with van der Waals surface area (Å²) in [5.41, 5.74) is 0.285. The van der Waals surface area contributed by atoms with E-state index in [0.717, 1.165) is 58.2 Å². The van der Waals surface area contributed by atoms with Gasteiger partial charge in [-0.3, -0.25) is 14.6 Å². The third-order valence-corrected chi connectivity index (χ3v) is 7.60. The molecule has 3 saturated heterocycles. The molecule has 190 valence electrons. The number of carbonyl (C=O) groups excluding carboxylic acids is 1. The van der Waals surface area contributed by atoms with Crippen LogP contribution >= 0.6 is 0 Å². The average molecular weight is 467 g/mol. The maximum absolute atomic E-state index is 12.3. The Balaban J connectivity index is 1.25. The van der Waals surface area contributed by atoms with Gasteiger partial charge in [0.25, 0.3) is 0 Å². The summed E-state index contributed by atoms with van der Waals surface area (Å²) < 4.78 is 5.65. The first kappa shape index (κ1) is 26.2. The van der Waals surface area contributed by atoms with Crippen LogP contribution in [0.2, 0.25) is 0 Å². The van der Waals surface area contributed by atoms with E-state index < -0.39 is 5.97 Å². The number of amides is 1. The van der Waals surface area contributed by atoms with Crippen LogP contribution < -0.4 is 0 Å². The van der Waals surface area contributed by atoms with Crippen molar-refractivity contribution >= 4 is 12.1 Å². The minimum absolute atomic E-state index is 0.0298. The summed E-state index contributed by atoms with van der Waals surface area (Å²) in [5, 5.41) is 8.77. The third kappa shape index (κ3) is 8.72. The second-order valence-electron chi connectivity index (χ2n) is 11.2. The number of carboxylic acids is 1. The van der Waals surface area contributed by atoms with Crippen LogP contribution in [0.15, 0.2) is 0 Å². The molecule has 3 aliphatic heterocycles. The van der Waals surface area contributed by atoms with Crippen LogP contribution in [-0.2, 0) is 9.53 Å². The summed E-state index contributed by atoms with van der Waals surface area (Å²) >= 11 is 0. The summed E-state index contributed by atoms with van der Waals surface area (Å²) in [4.78, 5) is 32.2. The van der Waals surface area contributed by atoms with E-state index in [9.17, 15) is 9.59 Å². The van der Waals surface area contributed by atoms with E-state index in [0.29, 0.717) is 13.0 Å². The lowest BCUT2D eigenvalue weighted by Gasteiger charge is -2.41. The highest BCUT2D eigenvalue weighted by atomic mass is 16.6. The first-order valence-corrected chi connectivity index (χ1v) is 13.1. The van der Waals surface area contributed by atoms with E-state index in [1.165, 1.54) is 38.8 Å². The van der Waals surface area contributed by atoms with Crippen LogP contribution in [0, 0.1) is 5.92 Å². The Labute approximate surface area is 200 Å². The highest BCUT2D eigenvalue weighted by molar-refractivity contribution is 5.69. The second-order valence-corrected chi connectivity index (χ2v) is 11.2. The molecule has 0 radical (unpaired) electrons. The van der Waals surface area contributed by atoms with Crippen molar-refractivity contribution in [3.8, 4) is 0 Å². The molecule has 1 atom stereocenters. The molecule has 0 aromatic rings. The lowest BCUT2D eigenvalue weighted by atomic mass is 9.89. The Morgan fingerprint density at radius 3 is 2.27 bits per heavy atom. The van der Waals surface area contributed by atoms with Gasteiger partial charge in [-0.05, 0) is 72.0 Å². The van der Waals surface area contributed by atoms with Gasteiger partial charge in [-0.2, -0.15) is 0 Å². The molecule has 1 N–H and O–H groups in total. The molecule has 0 bridgehead atoms. The van der Waals surface area contributed by atoms with Crippen molar-refractivity contribution in [1.29, 1.82) is 0 Å². The van der Waals surface area contributed by atoms with Gasteiger partial charge < -0.3 is 19.6 Å². The van der Waals surface area contributed by atoms with Gasteiger partial charge in [0.15, 0.2) is 0 Å². The number of likely N-dealkylation sites (tertiary alicyclic amines) is 1. The predicted molar refractivity (Wildman–Crippen MR) is 129 cm³/mol. The molecule has 8 nitrogen and oxygen atoms in total. The van der Waals surface area contributed by atoms with E-state index in [-0.39, 0.29) is 24.2 Å². The Morgan fingerprint density at radius 2 is 1.64 bits per heavy atom. The lowest BCUT2D eigenvalue weighted by molar-refractivity contribution is -0.137. The molecular formula is C25H46N4O4. The van der Waals surface area contributed by atoms with Crippen molar-refractivity contribution in [2.75, 3.05) is 65.4 Å². The molecule has 1 amide bonds. The first-order valence-electron chi connectivity index (χ1n) is 13.1. The summed E-state index contributed by atoms with van der Waals surface area (Å²) in [6, 6.07) is 0. The number of carboxylic acid groups (broad SMARTS) is 1. The number of hydrogen-bond acceptors (Lipinski definition) is 6. The Morgan fingerprint density at radius 1 is 0.970 bits per heavy atom. The van der Waals surface area contributed by atoms with Crippen molar-refractivity contribution in [2.24, 2.45) is 5.92 Å². The van der Waals surface area contributed by atoms with Gasteiger partial charge in [0, 0.05) is 51.2 Å². The van der Waals surface area contributed by atoms with Crippen molar-refractivity contribution < 1.29 is 19.4 Å². The Bertz CT molecular complexity index is 622. The zero-order valence-corrected chi connectivity index (χ0v) is 21.1. The molecule has 3 rings (SSSR count). The van der Waals surface area contributed by atoms with Crippen molar-refractivity contribution in [1.82, 2.24) is 19.6 Å². The third-order valence-electron chi connectivity index (χ3n) is 7.60. The molecule has 3 aliphatic rings. The SMILES string of the molecule is CC(C)(C)N1CCC(CCCCN2CC(CN3CCN(CCCC(=O)O)CC3)OC2=O)CC1. The van der Waals surface area contributed by atoms with Crippen molar-refractivity contribution in [3.63, 3.8) is 0 Å². The number of aliphatic carboxylic acids is 1. The van der Waals surface area contributed by atoms with Crippen LogP contribution in [0.4, 0.5) is 4.79 Å². The van der Waals surface area contributed by atoms with Gasteiger partial charge in [0.1, 0.15) is 6.10 Å². The molecule has 0 aliphatic carbocycles. The van der Waals surface area contributed by atoms with Crippen molar-refractivity contribution in [3.05, 3.63) is 0 Å². The van der Waals surface area contributed by atoms with Crippen LogP contribution in [-0.4, -0.2) is 114 Å². The van der Waals surface area contributed by atoms with Gasteiger partial charge in [-0.25, -0.2) is 4.79 Å². The summed E-state index contributed by atoms with van der Waals surface area (Å²) in [6.45, 7) is 16.3. The van der Waals surface area contributed by atoms with Crippen LogP contribution in [0.5, 0.6) is 0 Å². The molecule has 0 aromatic heterocycles. The largest absolute Gasteiger partial charge is 0.481 e. The molecule has 0 saturated carbocycles. The number of ether oxygens (including phenoxy) is 1. The topological polar surface area (TPSA) is 76.6 Å². The van der Waals surface area contributed by atoms with Gasteiger partial charge in [-0.1, -0.05) is 12.8 Å². The van der Waals surface area contributed by atoms with Crippen LogP contribution in [0.3, 0.4) is 0 Å². The molecule has 1 unspecified atom stereocenters. The zero-order valence-electron chi connectivity index (χ0n) is 21.1. The fourth-order valence-electron chi connectivity index (χ4n) is 5.42. The molecule has 0 aromatic carbocycles. The van der Waals surface area contributed by atoms with E-state index in [2.05, 4.69) is 35.5 Å². The summed E-state index contributed by atoms with van der Waals surface area (Å²) in [6.07, 6.45) is 6.92. The fourth-order valence-corrected chi connectivity index (χ4v) is 5.42. The molecular weight excluding hydrogens is 420 g/mol. The van der Waals surface area contributed by atoms with E-state index in [1.54, 1.807) is 0 Å². The maximum Gasteiger partial charge on any atom is 0.410 e. The molecule has 0 spiro atoms. The second kappa shape index (κ2) is 12.4. The molecule has 3 heterocycles. The summed E-state index contributed by atoms with van der Waals surface area (Å²) in [7, 11) is 0. The van der Waals surface area contributed by atoms with E-state index >= 15 is 0 Å². The molecule has 3 fully saturated rings. The number of rotatable bonds is 11. The number of unbranched alkanes of at least 4 members (excludes halogenated alkanes) is 1. The number of piperazine rings is 1. The molecule has 8 heteroatoms. The van der Waals surface area contributed by atoms with E-state index in [4.69, 9.17) is 9.84 Å². The number of piperidine rings is 1. The van der Waals surface area contributed by atoms with Gasteiger partial charge >= 0.3 is 12.1 Å². The summed E-state index contributed by atoms with van der Waals surface area (Å²) in [5.74, 6) is 0.118. The van der Waals surface area contributed by atoms with Gasteiger partial charge in [0.05, 0.1) is 6.54 Å². The highest BCUT2D eigenvalue weighted by Crippen LogP contribution is 2.27. The smallest absolute Gasteiger partial charge is 0.410 e. The van der Waals surface area contributed by atoms with Gasteiger partial charge in [0.2, 0.25) is 0 Å². The van der Waals surface area contributed by atoms with Crippen molar-refractivity contribution in [2.45, 2.75) is 77.4 Å². The predicted octanol–water partition coefficient (Wildman–Crippen LogP) is 2.97. The average Bonchev–Trinajstić information content (AvgIpc) is 3.11. The highest BCUT2D eigenvalue weighted by Gasteiger charge is 2.33. The number of nitrogens with zero attached hydrogens (tertiary/aromatic N) is 4. The normalized spacial score (nSPS) is 24.4. The number of carbonyl (C=O) groups is 2. The zero-order chi connectivity index (χ0) is 23.8. The monoisotopic (exact) mass is 466 g/mol. The Kier molecular flexibility index (Phi) is 9.82. The first-order chi connectivity index (χ1) is 15.7. The fraction of sp³-hybridized carbons (Fsp3) is 0.920.